The van der Waals surface area contributed by atoms with Crippen LogP contribution in [0.2, 0.25) is 0 Å². The summed E-state index contributed by atoms with van der Waals surface area (Å²) in [5, 5.41) is 0. The fourth-order valence-corrected chi connectivity index (χ4v) is 0. The third kappa shape index (κ3) is 117. The quantitative estimate of drug-likeness (QED) is 0.507. The molecular formula is O4SiTiZr+4. The van der Waals surface area contributed by atoms with Gasteiger partial charge in [0.2, 0.25) is 0 Å². The van der Waals surface area contributed by atoms with Gasteiger partial charge in [-0.3, -0.25) is 8.92 Å². The monoisotopic (exact) mass is 230 g/mol. The van der Waals surface area contributed by atoms with Crippen molar-refractivity contribution in [1.82, 2.24) is 0 Å². The Morgan fingerprint density at radius 2 is 1.00 bits per heavy atom. The van der Waals surface area contributed by atoms with E-state index in [1.54, 1.807) is 0 Å². The first-order valence-electron chi connectivity index (χ1n) is 0.408. The van der Waals surface area contributed by atoms with Crippen LogP contribution in [0, 0.1) is 0 Å². The molecule has 0 aliphatic heterocycles. The maximum Gasteiger partial charge on any atom is 4.00 e. The van der Waals surface area contributed by atoms with Crippen LogP contribution in [0.5, 0.6) is 0 Å². The van der Waals surface area contributed by atoms with Crippen LogP contribution in [0.3, 0.4) is 0 Å². The van der Waals surface area contributed by atoms with E-state index >= 15 is 0 Å². The zero-order valence-electron chi connectivity index (χ0n) is 3.13. The molecule has 0 N–H and O–H groups in total. The summed E-state index contributed by atoms with van der Waals surface area (Å²) in [6.07, 6.45) is 0. The molecule has 0 unspecified atom stereocenters. The summed E-state index contributed by atoms with van der Waals surface area (Å²) >= 11 is 0. The summed E-state index contributed by atoms with van der Waals surface area (Å²) in [5.41, 5.74) is 0. The normalized spacial score (nSPS) is 1.14. The van der Waals surface area contributed by atoms with Crippen molar-refractivity contribution in [2.24, 2.45) is 0 Å². The predicted molar refractivity (Wildman–Crippen MR) is 8.50 cm³/mol. The van der Waals surface area contributed by atoms with Crippen LogP contribution in [-0.4, -0.2) is 9.29 Å². The molecule has 0 saturated carbocycles. The van der Waals surface area contributed by atoms with Crippen LogP contribution >= 0.6 is 0 Å². The van der Waals surface area contributed by atoms with E-state index in [-0.39, 0.29) is 58.9 Å². The van der Waals surface area contributed by atoms with Crippen molar-refractivity contribution < 1.29 is 67.8 Å². The van der Waals surface area contributed by atoms with E-state index in [1.165, 1.54) is 0 Å². The minimum absolute atomic E-state index is 0. The maximum atomic E-state index is 8.40. The van der Waals surface area contributed by atoms with Gasteiger partial charge < -0.3 is 11.0 Å². The molecule has 0 aliphatic carbocycles. The van der Waals surface area contributed by atoms with Gasteiger partial charge in [-0.1, -0.05) is 0 Å². The maximum absolute atomic E-state index is 8.40. The van der Waals surface area contributed by atoms with Crippen molar-refractivity contribution in [3.63, 3.8) is 0 Å². The van der Waals surface area contributed by atoms with Gasteiger partial charge in [-0.05, 0) is 0 Å². The van der Waals surface area contributed by atoms with E-state index < -0.39 is 9.29 Å². The number of hydrogen-bond acceptors (Lipinski definition) is 2. The molecule has 0 amide bonds. The van der Waals surface area contributed by atoms with E-state index in [0.717, 1.165) is 0 Å². The number of rotatable bonds is 0. The van der Waals surface area contributed by atoms with Crippen molar-refractivity contribution in [3.05, 3.63) is 0 Å². The van der Waals surface area contributed by atoms with E-state index in [9.17, 15) is 0 Å². The Labute approximate surface area is 76.6 Å². The molecule has 4 nitrogen and oxygen atoms in total. The van der Waals surface area contributed by atoms with Crippen molar-refractivity contribution in [2.75, 3.05) is 0 Å². The standard InChI is InChI=1S/O2Si.2O.Ti.Zr/c1-3-2;;;;/q;2*-2;2*+4. The van der Waals surface area contributed by atoms with Gasteiger partial charge in [0.1, 0.15) is 0 Å². The van der Waals surface area contributed by atoms with Crippen LogP contribution in [0.1, 0.15) is 0 Å². The summed E-state index contributed by atoms with van der Waals surface area (Å²) in [5.74, 6) is 0. The van der Waals surface area contributed by atoms with E-state index in [1.807, 2.05) is 0 Å². The molecule has 0 heterocycles. The van der Waals surface area contributed by atoms with E-state index in [4.69, 9.17) is 8.92 Å². The first kappa shape index (κ1) is 40.3. The molecular weight excluding hydrogens is 231 g/mol. The largest absolute Gasteiger partial charge is 4.00 e. The third-order valence-corrected chi connectivity index (χ3v) is 0. The van der Waals surface area contributed by atoms with Crippen molar-refractivity contribution in [3.8, 4) is 0 Å². The summed E-state index contributed by atoms with van der Waals surface area (Å²) in [7, 11) is -1.42. The molecule has 0 aromatic carbocycles. The molecule has 0 aromatic rings. The third-order valence-electron chi connectivity index (χ3n) is 0. The molecule has 7 heteroatoms. The number of hydrogen-bond donors (Lipinski definition) is 0. The minimum Gasteiger partial charge on any atom is -2.00 e. The van der Waals surface area contributed by atoms with Crippen LogP contribution in [0.15, 0.2) is 0 Å². The summed E-state index contributed by atoms with van der Waals surface area (Å²) in [4.78, 5) is 0. The van der Waals surface area contributed by atoms with Gasteiger partial charge in [-0.25, -0.2) is 0 Å². The molecule has 0 atom stereocenters. The van der Waals surface area contributed by atoms with Gasteiger partial charge in [0, 0.05) is 0 Å². The average Bonchev–Trinajstić information content (AvgIpc) is 0.918. The van der Waals surface area contributed by atoms with Crippen LogP contribution in [0.25, 0.3) is 0 Å². The Kier molecular flexibility index (Phi) is 311. The average molecular weight is 231 g/mol. The van der Waals surface area contributed by atoms with E-state index in [0.29, 0.717) is 0 Å². The van der Waals surface area contributed by atoms with Gasteiger partial charge >= 0.3 is 57.2 Å². The van der Waals surface area contributed by atoms with Gasteiger partial charge in [0.15, 0.2) is 0 Å². The molecule has 0 spiro atoms. The van der Waals surface area contributed by atoms with Gasteiger partial charge in [0.05, 0.1) is 0 Å². The van der Waals surface area contributed by atoms with Gasteiger partial charge in [-0.15, -0.1) is 0 Å². The van der Waals surface area contributed by atoms with Crippen molar-refractivity contribution >= 4 is 9.29 Å². The minimum atomic E-state index is -1.42. The molecule has 0 rings (SSSR count). The zero-order chi connectivity index (χ0) is 2.71. The first-order chi connectivity index (χ1) is 1.41. The molecule has 7 heavy (non-hydrogen) atoms. The smallest absolute Gasteiger partial charge is 2.00 e. The van der Waals surface area contributed by atoms with Gasteiger partial charge in [-0.2, -0.15) is 0 Å². The topological polar surface area (TPSA) is 91.1 Å². The summed E-state index contributed by atoms with van der Waals surface area (Å²) < 4.78 is 16.8. The molecule has 0 aliphatic rings. The Morgan fingerprint density at radius 1 is 1.00 bits per heavy atom. The molecule has 0 bridgehead atoms. The fraction of sp³-hybridized carbons (Fsp3) is 0. The first-order valence-corrected chi connectivity index (χ1v) is 1.22. The zero-order valence-corrected chi connectivity index (χ0v) is 8.15. The summed E-state index contributed by atoms with van der Waals surface area (Å²) in [6, 6.07) is 0. The van der Waals surface area contributed by atoms with Gasteiger partial charge in [0.25, 0.3) is 0 Å². The summed E-state index contributed by atoms with van der Waals surface area (Å²) in [6.45, 7) is 0. The Bertz CT molecular complexity index is 32.7. The predicted octanol–water partition coefficient (Wildman–Crippen LogP) is -0.861. The second-order valence-electron chi connectivity index (χ2n) is 0.0833. The Hall–Kier alpha value is 1.33. The molecule has 0 radical (unpaired) electrons. The Balaban J connectivity index is -0.00000000333. The van der Waals surface area contributed by atoms with E-state index in [2.05, 4.69) is 0 Å². The second-order valence-corrected chi connectivity index (χ2v) is 0.250. The van der Waals surface area contributed by atoms with Crippen LogP contribution in [0.4, 0.5) is 0 Å². The van der Waals surface area contributed by atoms with Crippen LogP contribution in [-0.2, 0) is 67.8 Å². The SMILES string of the molecule is O=[Si]=O.[O-2].[O-2].[Ti+4].[Zr+4]. The fourth-order valence-electron chi connectivity index (χ4n) is 0. The van der Waals surface area contributed by atoms with Crippen molar-refractivity contribution in [1.29, 1.82) is 0 Å². The van der Waals surface area contributed by atoms with Crippen molar-refractivity contribution in [2.45, 2.75) is 0 Å². The van der Waals surface area contributed by atoms with Crippen LogP contribution < -0.4 is 0 Å². The molecule has 0 saturated heterocycles. The molecule has 32 valence electrons. The molecule has 0 fully saturated rings. The Morgan fingerprint density at radius 3 is 1.00 bits per heavy atom. The second kappa shape index (κ2) is 54.0. The molecule has 0 aromatic heterocycles.